The van der Waals surface area contributed by atoms with E-state index in [1.807, 2.05) is 7.05 Å². The number of rotatable bonds is 1. The predicted molar refractivity (Wildman–Crippen MR) is 49.7 cm³/mol. The molecular formula is C8H12N2OS. The Kier molecular flexibility index (Phi) is 2.02. The molecule has 1 unspecified atom stereocenters. The van der Waals surface area contributed by atoms with Crippen LogP contribution in [0.2, 0.25) is 0 Å². The first-order chi connectivity index (χ1) is 5.81. The lowest BCUT2D eigenvalue weighted by Gasteiger charge is -2.20. The number of nitrogens with one attached hydrogen (secondary N) is 2. The van der Waals surface area contributed by atoms with E-state index in [1.54, 1.807) is 0 Å². The van der Waals surface area contributed by atoms with Gasteiger partial charge >= 0.3 is 4.87 Å². The van der Waals surface area contributed by atoms with Crippen LogP contribution in [0, 0.1) is 0 Å². The number of hydrogen-bond donors (Lipinski definition) is 2. The summed E-state index contributed by atoms with van der Waals surface area (Å²) in [5, 5.41) is 3.21. The summed E-state index contributed by atoms with van der Waals surface area (Å²) in [5.41, 5.74) is 1.12. The number of hydrogen-bond acceptors (Lipinski definition) is 3. The highest BCUT2D eigenvalue weighted by atomic mass is 32.1. The SMILES string of the molecule is CNC1CCCc2sc(=O)[nH]c21. The minimum absolute atomic E-state index is 0.0853. The molecule has 0 aromatic carbocycles. The molecule has 2 rings (SSSR count). The predicted octanol–water partition coefficient (Wildman–Crippen LogP) is 1.03. The summed E-state index contributed by atoms with van der Waals surface area (Å²) in [5.74, 6) is 0. The first-order valence-electron chi connectivity index (χ1n) is 4.20. The van der Waals surface area contributed by atoms with Gasteiger partial charge in [0.25, 0.3) is 0 Å². The van der Waals surface area contributed by atoms with Crippen LogP contribution in [-0.4, -0.2) is 12.0 Å². The van der Waals surface area contributed by atoms with Crippen molar-refractivity contribution in [3.63, 3.8) is 0 Å². The molecule has 1 aromatic rings. The third-order valence-corrected chi connectivity index (χ3v) is 3.30. The molecule has 0 aliphatic heterocycles. The Morgan fingerprint density at radius 1 is 1.67 bits per heavy atom. The zero-order valence-corrected chi connectivity index (χ0v) is 7.83. The fourth-order valence-corrected chi connectivity index (χ4v) is 2.67. The summed E-state index contributed by atoms with van der Waals surface area (Å²) >= 11 is 1.36. The minimum atomic E-state index is 0.0853. The molecule has 4 heteroatoms. The van der Waals surface area contributed by atoms with Gasteiger partial charge in [0.2, 0.25) is 0 Å². The molecule has 3 nitrogen and oxygen atoms in total. The number of aryl methyl sites for hydroxylation is 1. The molecule has 0 radical (unpaired) electrons. The second-order valence-electron chi connectivity index (χ2n) is 3.08. The molecule has 0 bridgehead atoms. The normalized spacial score (nSPS) is 22.2. The second-order valence-corrected chi connectivity index (χ2v) is 4.15. The third-order valence-electron chi connectivity index (χ3n) is 2.35. The number of thiazole rings is 1. The molecule has 66 valence electrons. The van der Waals surface area contributed by atoms with E-state index < -0.39 is 0 Å². The lowest BCUT2D eigenvalue weighted by Crippen LogP contribution is -2.21. The van der Waals surface area contributed by atoms with E-state index in [0.29, 0.717) is 6.04 Å². The molecular weight excluding hydrogens is 172 g/mol. The summed E-state index contributed by atoms with van der Waals surface area (Å²) in [6, 6.07) is 0.368. The smallest absolute Gasteiger partial charge is 0.304 e. The van der Waals surface area contributed by atoms with Gasteiger partial charge in [0.05, 0.1) is 0 Å². The van der Waals surface area contributed by atoms with Crippen LogP contribution in [0.15, 0.2) is 4.79 Å². The fraction of sp³-hybridized carbons (Fsp3) is 0.625. The quantitative estimate of drug-likeness (QED) is 0.684. The zero-order chi connectivity index (χ0) is 8.55. The molecule has 1 heterocycles. The minimum Gasteiger partial charge on any atom is -0.315 e. The first kappa shape index (κ1) is 8.01. The number of H-pyrrole nitrogens is 1. The summed E-state index contributed by atoms with van der Waals surface area (Å²) in [6.45, 7) is 0. The van der Waals surface area contributed by atoms with Crippen molar-refractivity contribution in [2.75, 3.05) is 7.05 Å². The van der Waals surface area contributed by atoms with Gasteiger partial charge in [0.1, 0.15) is 0 Å². The van der Waals surface area contributed by atoms with E-state index >= 15 is 0 Å². The Labute approximate surface area is 74.8 Å². The summed E-state index contributed by atoms with van der Waals surface area (Å²) in [7, 11) is 1.94. The van der Waals surface area contributed by atoms with Gasteiger partial charge < -0.3 is 10.3 Å². The summed E-state index contributed by atoms with van der Waals surface area (Å²) < 4.78 is 0. The molecule has 0 spiro atoms. The van der Waals surface area contributed by atoms with Crippen molar-refractivity contribution in [1.29, 1.82) is 0 Å². The third kappa shape index (κ3) is 1.21. The highest BCUT2D eigenvalue weighted by Gasteiger charge is 2.21. The Morgan fingerprint density at radius 2 is 2.50 bits per heavy atom. The van der Waals surface area contributed by atoms with Gasteiger partial charge in [0.15, 0.2) is 0 Å². The summed E-state index contributed by atoms with van der Waals surface area (Å²) in [6.07, 6.45) is 3.39. The van der Waals surface area contributed by atoms with E-state index in [4.69, 9.17) is 0 Å². The van der Waals surface area contributed by atoms with Crippen molar-refractivity contribution in [3.8, 4) is 0 Å². The van der Waals surface area contributed by atoms with E-state index in [1.165, 1.54) is 22.6 Å². The molecule has 0 saturated carbocycles. The Hall–Kier alpha value is -0.610. The molecule has 2 N–H and O–H groups in total. The standard InChI is InChI=1S/C8H12N2OS/c1-9-5-3-2-4-6-7(5)10-8(11)12-6/h5,9H,2-4H2,1H3,(H,10,11). The first-order valence-corrected chi connectivity index (χ1v) is 5.02. The second kappa shape index (κ2) is 3.03. The Balaban J connectivity index is 2.43. The van der Waals surface area contributed by atoms with Crippen molar-refractivity contribution in [3.05, 3.63) is 20.2 Å². The Bertz CT molecular complexity index is 328. The Morgan fingerprint density at radius 3 is 3.25 bits per heavy atom. The fourth-order valence-electron chi connectivity index (χ4n) is 1.74. The largest absolute Gasteiger partial charge is 0.315 e. The van der Waals surface area contributed by atoms with Crippen LogP contribution in [-0.2, 0) is 6.42 Å². The molecule has 12 heavy (non-hydrogen) atoms. The maximum absolute atomic E-state index is 11.1. The van der Waals surface area contributed by atoms with Crippen LogP contribution in [0.1, 0.15) is 29.5 Å². The topological polar surface area (TPSA) is 44.9 Å². The molecule has 0 fully saturated rings. The van der Waals surface area contributed by atoms with Gasteiger partial charge in [-0.05, 0) is 26.3 Å². The molecule has 1 aromatic heterocycles. The van der Waals surface area contributed by atoms with E-state index in [0.717, 1.165) is 18.5 Å². The van der Waals surface area contributed by atoms with Gasteiger partial charge in [0, 0.05) is 16.6 Å². The van der Waals surface area contributed by atoms with Crippen LogP contribution >= 0.6 is 11.3 Å². The van der Waals surface area contributed by atoms with Gasteiger partial charge in [-0.15, -0.1) is 0 Å². The lowest BCUT2D eigenvalue weighted by atomic mass is 9.98. The van der Waals surface area contributed by atoms with E-state index in [2.05, 4.69) is 10.3 Å². The zero-order valence-electron chi connectivity index (χ0n) is 7.02. The van der Waals surface area contributed by atoms with Crippen LogP contribution in [0.5, 0.6) is 0 Å². The van der Waals surface area contributed by atoms with Crippen molar-refractivity contribution in [2.45, 2.75) is 25.3 Å². The molecule has 0 saturated heterocycles. The van der Waals surface area contributed by atoms with E-state index in [-0.39, 0.29) is 4.87 Å². The van der Waals surface area contributed by atoms with Gasteiger partial charge in [-0.1, -0.05) is 11.3 Å². The van der Waals surface area contributed by atoms with Gasteiger partial charge in [-0.3, -0.25) is 4.79 Å². The van der Waals surface area contributed by atoms with Crippen molar-refractivity contribution >= 4 is 11.3 Å². The van der Waals surface area contributed by atoms with Gasteiger partial charge in [-0.2, -0.15) is 0 Å². The highest BCUT2D eigenvalue weighted by molar-refractivity contribution is 7.09. The van der Waals surface area contributed by atoms with Crippen molar-refractivity contribution in [1.82, 2.24) is 10.3 Å². The molecule has 1 aliphatic carbocycles. The monoisotopic (exact) mass is 184 g/mol. The molecule has 1 atom stereocenters. The van der Waals surface area contributed by atoms with E-state index in [9.17, 15) is 4.79 Å². The average molecular weight is 184 g/mol. The van der Waals surface area contributed by atoms with Crippen molar-refractivity contribution in [2.24, 2.45) is 0 Å². The van der Waals surface area contributed by atoms with Crippen molar-refractivity contribution < 1.29 is 0 Å². The van der Waals surface area contributed by atoms with Crippen LogP contribution in [0.3, 0.4) is 0 Å². The number of aromatic amines is 1. The highest BCUT2D eigenvalue weighted by Crippen LogP contribution is 2.28. The van der Waals surface area contributed by atoms with Crippen LogP contribution < -0.4 is 10.2 Å². The maximum Gasteiger partial charge on any atom is 0.304 e. The maximum atomic E-state index is 11.1. The molecule has 0 amide bonds. The number of fused-ring (bicyclic) bond motifs is 1. The number of aromatic nitrogens is 1. The van der Waals surface area contributed by atoms with Crippen LogP contribution in [0.25, 0.3) is 0 Å². The average Bonchev–Trinajstić information content (AvgIpc) is 2.44. The lowest BCUT2D eigenvalue weighted by molar-refractivity contribution is 0.489. The summed E-state index contributed by atoms with van der Waals surface area (Å²) in [4.78, 5) is 15.3. The van der Waals surface area contributed by atoms with Gasteiger partial charge in [-0.25, -0.2) is 0 Å². The van der Waals surface area contributed by atoms with Crippen LogP contribution in [0.4, 0.5) is 0 Å². The molecule has 1 aliphatic rings.